The maximum absolute atomic E-state index is 12.4. The Kier molecular flexibility index (Phi) is 5.76. The molecule has 9 nitrogen and oxygen atoms in total. The molecule has 3 rings (SSSR count). The Morgan fingerprint density at radius 1 is 1.07 bits per heavy atom. The summed E-state index contributed by atoms with van der Waals surface area (Å²) >= 11 is 0. The fourth-order valence-corrected chi connectivity index (χ4v) is 3.83. The van der Waals surface area contributed by atoms with Crippen LogP contribution >= 0.6 is 0 Å². The van der Waals surface area contributed by atoms with Gasteiger partial charge < -0.3 is 0 Å². The third-order valence-corrected chi connectivity index (χ3v) is 5.74. The second kappa shape index (κ2) is 8.10. The minimum absolute atomic E-state index is 0.0235. The zero-order chi connectivity index (χ0) is 21.2. The number of ketones is 1. The molecule has 0 aliphatic rings. The van der Waals surface area contributed by atoms with Crippen LogP contribution in [0.5, 0.6) is 0 Å². The van der Waals surface area contributed by atoms with Gasteiger partial charge in [0.15, 0.2) is 11.6 Å². The Hall–Kier alpha value is -3.11. The van der Waals surface area contributed by atoms with Crippen molar-refractivity contribution in [2.75, 3.05) is 6.54 Å². The summed E-state index contributed by atoms with van der Waals surface area (Å²) < 4.78 is 30.1. The minimum atomic E-state index is -3.77. The quantitative estimate of drug-likeness (QED) is 0.580. The molecule has 0 aliphatic carbocycles. The molecule has 0 unspecified atom stereocenters. The van der Waals surface area contributed by atoms with Gasteiger partial charge in [-0.2, -0.15) is 5.10 Å². The van der Waals surface area contributed by atoms with Gasteiger partial charge in [-0.15, -0.1) is 5.10 Å². The number of aryl methyl sites for hydroxylation is 2. The summed E-state index contributed by atoms with van der Waals surface area (Å²) in [5.41, 5.74) is 1.78. The highest BCUT2D eigenvalue weighted by molar-refractivity contribution is 7.89. The summed E-state index contributed by atoms with van der Waals surface area (Å²) in [6.07, 6.45) is 0. The molecule has 2 aromatic heterocycles. The van der Waals surface area contributed by atoms with Crippen LogP contribution in [-0.2, 0) is 16.6 Å². The van der Waals surface area contributed by atoms with E-state index in [-0.39, 0.29) is 29.3 Å². The van der Waals surface area contributed by atoms with Crippen LogP contribution < -0.4 is 10.3 Å². The van der Waals surface area contributed by atoms with Crippen LogP contribution in [0.4, 0.5) is 0 Å². The second-order valence-corrected chi connectivity index (χ2v) is 8.34. The number of hydrogen-bond acceptors (Lipinski definition) is 6. The van der Waals surface area contributed by atoms with Crippen molar-refractivity contribution in [3.05, 3.63) is 69.8 Å². The number of carbonyl (C=O) groups is 1. The lowest BCUT2D eigenvalue weighted by atomic mass is 10.2. The fraction of sp³-hybridized carbons (Fsp3) is 0.263. The predicted octanol–water partition coefficient (Wildman–Crippen LogP) is 1.23. The van der Waals surface area contributed by atoms with E-state index in [1.54, 1.807) is 10.7 Å². The molecule has 0 spiro atoms. The summed E-state index contributed by atoms with van der Waals surface area (Å²) in [5, 5.41) is 8.61. The highest BCUT2D eigenvalue weighted by atomic mass is 32.2. The molecule has 10 heteroatoms. The normalized spacial score (nSPS) is 11.6. The molecule has 1 aromatic carbocycles. The monoisotopic (exact) mass is 415 g/mol. The molecule has 0 saturated carbocycles. The number of hydrogen-bond donors (Lipinski definition) is 1. The summed E-state index contributed by atoms with van der Waals surface area (Å²) in [7, 11) is -3.77. The largest absolute Gasteiger partial charge is 0.295 e. The van der Waals surface area contributed by atoms with E-state index in [0.29, 0.717) is 11.4 Å². The zero-order valence-corrected chi connectivity index (χ0v) is 17.1. The highest BCUT2D eigenvalue weighted by Gasteiger charge is 2.14. The first-order valence-corrected chi connectivity index (χ1v) is 10.4. The van der Waals surface area contributed by atoms with Crippen molar-refractivity contribution in [2.24, 2.45) is 0 Å². The Morgan fingerprint density at radius 2 is 1.76 bits per heavy atom. The number of sulfonamides is 1. The van der Waals surface area contributed by atoms with Crippen LogP contribution in [-0.4, -0.2) is 40.3 Å². The Balaban J connectivity index is 1.73. The zero-order valence-electron chi connectivity index (χ0n) is 16.3. The van der Waals surface area contributed by atoms with Gasteiger partial charge in [-0.3, -0.25) is 9.59 Å². The molecular weight excluding hydrogens is 394 g/mol. The first-order chi connectivity index (χ1) is 13.7. The molecule has 2 heterocycles. The first kappa shape index (κ1) is 20.6. The van der Waals surface area contributed by atoms with Gasteiger partial charge in [0.05, 0.1) is 17.1 Å². The van der Waals surface area contributed by atoms with Crippen LogP contribution in [0.2, 0.25) is 0 Å². The third-order valence-electron chi connectivity index (χ3n) is 4.27. The number of rotatable bonds is 7. The average molecular weight is 415 g/mol. The molecule has 0 radical (unpaired) electrons. The van der Waals surface area contributed by atoms with E-state index in [0.717, 1.165) is 11.4 Å². The number of carbonyl (C=O) groups excluding carboxylic acids is 1. The Labute approximate surface area is 168 Å². The van der Waals surface area contributed by atoms with Crippen LogP contribution in [0.1, 0.15) is 28.7 Å². The molecule has 0 aliphatic heterocycles. The lowest BCUT2D eigenvalue weighted by molar-refractivity contribution is 0.101. The molecule has 0 saturated heterocycles. The summed E-state index contributed by atoms with van der Waals surface area (Å²) in [5.74, 6) is 0.327. The number of nitrogens with zero attached hydrogens (tertiary/aromatic N) is 4. The number of nitrogens with one attached hydrogen (secondary N) is 1. The smallest absolute Gasteiger partial charge is 0.266 e. The molecule has 0 fully saturated rings. The topological polar surface area (TPSA) is 116 Å². The van der Waals surface area contributed by atoms with E-state index in [4.69, 9.17) is 0 Å². The number of benzene rings is 1. The van der Waals surface area contributed by atoms with E-state index in [1.807, 2.05) is 19.9 Å². The second-order valence-electron chi connectivity index (χ2n) is 6.57. The van der Waals surface area contributed by atoms with Crippen molar-refractivity contribution < 1.29 is 13.2 Å². The summed E-state index contributed by atoms with van der Waals surface area (Å²) in [6.45, 7) is 5.17. The fourth-order valence-electron chi connectivity index (χ4n) is 2.81. The molecule has 29 heavy (non-hydrogen) atoms. The van der Waals surface area contributed by atoms with Gasteiger partial charge in [-0.1, -0.05) is 12.1 Å². The van der Waals surface area contributed by atoms with Crippen LogP contribution in [0.3, 0.4) is 0 Å². The van der Waals surface area contributed by atoms with Crippen LogP contribution in [0.25, 0.3) is 5.82 Å². The predicted molar refractivity (Wildman–Crippen MR) is 107 cm³/mol. The van der Waals surface area contributed by atoms with Gasteiger partial charge in [0, 0.05) is 23.9 Å². The Bertz CT molecular complexity index is 1210. The van der Waals surface area contributed by atoms with E-state index in [1.165, 1.54) is 41.9 Å². The van der Waals surface area contributed by atoms with E-state index in [2.05, 4.69) is 14.9 Å². The maximum atomic E-state index is 12.4. The van der Waals surface area contributed by atoms with Gasteiger partial charge in [-0.25, -0.2) is 22.5 Å². The Morgan fingerprint density at radius 3 is 2.34 bits per heavy atom. The number of Topliss-reactive ketones (excluding diaryl/α,β-unsaturated/α-hetero) is 1. The number of aromatic nitrogens is 4. The molecule has 1 N–H and O–H groups in total. The lowest BCUT2D eigenvalue weighted by Gasteiger charge is -2.10. The lowest BCUT2D eigenvalue weighted by Crippen LogP contribution is -2.32. The van der Waals surface area contributed by atoms with E-state index < -0.39 is 10.0 Å². The molecular formula is C19H21N5O4S. The molecule has 3 aromatic rings. The van der Waals surface area contributed by atoms with E-state index in [9.17, 15) is 18.0 Å². The van der Waals surface area contributed by atoms with Crippen molar-refractivity contribution >= 4 is 15.8 Å². The van der Waals surface area contributed by atoms with Crippen molar-refractivity contribution in [2.45, 2.75) is 32.2 Å². The van der Waals surface area contributed by atoms with Gasteiger partial charge in [0.2, 0.25) is 10.0 Å². The van der Waals surface area contributed by atoms with Crippen LogP contribution in [0, 0.1) is 13.8 Å². The van der Waals surface area contributed by atoms with Crippen molar-refractivity contribution in [3.63, 3.8) is 0 Å². The van der Waals surface area contributed by atoms with Crippen molar-refractivity contribution in [3.8, 4) is 5.82 Å². The average Bonchev–Trinajstić information content (AvgIpc) is 3.01. The minimum Gasteiger partial charge on any atom is -0.295 e. The summed E-state index contributed by atoms with van der Waals surface area (Å²) in [6, 6.07) is 10.5. The summed E-state index contributed by atoms with van der Waals surface area (Å²) in [4.78, 5) is 23.4. The van der Waals surface area contributed by atoms with Gasteiger partial charge in [0.25, 0.3) is 5.56 Å². The van der Waals surface area contributed by atoms with Crippen molar-refractivity contribution in [1.82, 2.24) is 24.3 Å². The highest BCUT2D eigenvalue weighted by Crippen LogP contribution is 2.11. The molecule has 0 atom stereocenters. The third kappa shape index (κ3) is 4.66. The van der Waals surface area contributed by atoms with E-state index >= 15 is 0 Å². The van der Waals surface area contributed by atoms with Crippen molar-refractivity contribution in [1.29, 1.82) is 0 Å². The van der Waals surface area contributed by atoms with Gasteiger partial charge >= 0.3 is 0 Å². The standard InChI is InChI=1S/C19H21N5O4S/c1-13-12-14(2)24(21-13)18-8-9-19(26)23(22-18)11-10-20-29(27,28)17-6-4-16(5-7-17)15(3)25/h4-9,12,20H,10-11H2,1-3H3. The van der Waals surface area contributed by atoms with Gasteiger partial charge in [-0.05, 0) is 45.0 Å². The molecule has 0 amide bonds. The SMILES string of the molecule is CC(=O)c1ccc(S(=O)(=O)NCCn2nc(-n3nc(C)cc3C)ccc2=O)cc1. The van der Waals surface area contributed by atoms with Crippen LogP contribution in [0.15, 0.2) is 52.2 Å². The first-order valence-electron chi connectivity index (χ1n) is 8.90. The van der Waals surface area contributed by atoms with Gasteiger partial charge in [0.1, 0.15) is 0 Å². The molecule has 0 bridgehead atoms. The maximum Gasteiger partial charge on any atom is 0.266 e. The molecule has 152 valence electrons.